The summed E-state index contributed by atoms with van der Waals surface area (Å²) in [4.78, 5) is 23.6. The Morgan fingerprint density at radius 1 is 1.35 bits per heavy atom. The molecule has 1 aliphatic rings. The van der Waals surface area contributed by atoms with Crippen LogP contribution in [0.2, 0.25) is 0 Å². The van der Waals surface area contributed by atoms with Crippen molar-refractivity contribution in [2.75, 3.05) is 14.2 Å². The predicted octanol–water partition coefficient (Wildman–Crippen LogP) is 1.61. The summed E-state index contributed by atoms with van der Waals surface area (Å²) >= 11 is 0. The molecule has 0 aliphatic heterocycles. The lowest BCUT2D eigenvalue weighted by atomic mass is 9.82. The monoisotopic (exact) mass is 234 g/mol. The number of carbonyl (C=O) groups excluding carboxylic acids is 2. The summed E-state index contributed by atoms with van der Waals surface area (Å²) < 4.78 is 9.72. The highest BCUT2D eigenvalue weighted by atomic mass is 16.5. The molecular formula is C13H14O4. The fourth-order valence-electron chi connectivity index (χ4n) is 2.12. The maximum atomic E-state index is 12.1. The Balaban J connectivity index is 2.36. The molecule has 1 atom stereocenters. The van der Waals surface area contributed by atoms with Crippen LogP contribution in [0.1, 0.15) is 22.3 Å². The lowest BCUT2D eigenvalue weighted by Crippen LogP contribution is -2.30. The maximum absolute atomic E-state index is 12.1. The molecule has 0 saturated heterocycles. The Morgan fingerprint density at radius 2 is 2.12 bits per heavy atom. The molecule has 0 saturated carbocycles. The molecule has 0 N–H and O–H groups in total. The Hall–Kier alpha value is -1.84. The number of ketones is 1. The van der Waals surface area contributed by atoms with E-state index < -0.39 is 11.9 Å². The molecule has 0 radical (unpaired) electrons. The first-order chi connectivity index (χ1) is 8.17. The Labute approximate surface area is 99.5 Å². The van der Waals surface area contributed by atoms with Gasteiger partial charge in [0.15, 0.2) is 5.78 Å². The molecule has 1 aromatic carbocycles. The van der Waals surface area contributed by atoms with Crippen LogP contribution in [0.15, 0.2) is 18.2 Å². The average molecular weight is 234 g/mol. The van der Waals surface area contributed by atoms with Gasteiger partial charge < -0.3 is 9.47 Å². The van der Waals surface area contributed by atoms with E-state index >= 15 is 0 Å². The summed E-state index contributed by atoms with van der Waals surface area (Å²) in [6, 6.07) is 5.39. The number of benzene rings is 1. The average Bonchev–Trinajstić information content (AvgIpc) is 2.38. The van der Waals surface area contributed by atoms with Crippen LogP contribution in [0.3, 0.4) is 0 Å². The molecule has 17 heavy (non-hydrogen) atoms. The van der Waals surface area contributed by atoms with Crippen LogP contribution in [0, 0.1) is 5.92 Å². The number of methoxy groups -OCH3 is 2. The largest absolute Gasteiger partial charge is 0.497 e. The van der Waals surface area contributed by atoms with Crippen molar-refractivity contribution in [1.29, 1.82) is 0 Å². The topological polar surface area (TPSA) is 52.6 Å². The van der Waals surface area contributed by atoms with Gasteiger partial charge in [0.2, 0.25) is 0 Å². The summed E-state index contributed by atoms with van der Waals surface area (Å²) in [5, 5.41) is 0. The third-order valence-corrected chi connectivity index (χ3v) is 3.09. The minimum Gasteiger partial charge on any atom is -0.497 e. The highest BCUT2D eigenvalue weighted by molar-refractivity contribution is 6.10. The third kappa shape index (κ3) is 2.02. The van der Waals surface area contributed by atoms with Crippen molar-refractivity contribution < 1.29 is 19.1 Å². The molecule has 0 heterocycles. The van der Waals surface area contributed by atoms with E-state index in [1.165, 1.54) is 7.11 Å². The maximum Gasteiger partial charge on any atom is 0.316 e. The standard InChI is InChI=1S/C13H14O4/c1-16-9-5-3-8-4-6-10(13(15)17-2)12(14)11(8)7-9/h3,5,7,10H,4,6H2,1-2H3. The number of hydrogen-bond donors (Lipinski definition) is 0. The lowest BCUT2D eigenvalue weighted by molar-refractivity contribution is -0.143. The quantitative estimate of drug-likeness (QED) is 0.576. The van der Waals surface area contributed by atoms with Crippen LogP contribution in [0.4, 0.5) is 0 Å². The summed E-state index contributed by atoms with van der Waals surface area (Å²) in [7, 11) is 2.85. The molecule has 1 aromatic rings. The van der Waals surface area contributed by atoms with Gasteiger partial charge >= 0.3 is 5.97 Å². The van der Waals surface area contributed by atoms with Crippen molar-refractivity contribution in [1.82, 2.24) is 0 Å². The number of rotatable bonds is 2. The number of carbonyl (C=O) groups is 2. The first kappa shape index (κ1) is 11.6. The summed E-state index contributed by atoms with van der Waals surface area (Å²) in [6.07, 6.45) is 1.23. The van der Waals surface area contributed by atoms with E-state index in [1.807, 2.05) is 12.1 Å². The molecule has 90 valence electrons. The SMILES string of the molecule is COC(=O)C1CCc2ccc(OC)cc2C1=O. The first-order valence-electron chi connectivity index (χ1n) is 5.46. The normalized spacial score (nSPS) is 18.5. The van der Waals surface area contributed by atoms with Crippen molar-refractivity contribution in [3.05, 3.63) is 29.3 Å². The molecule has 1 aliphatic carbocycles. The molecule has 0 aromatic heterocycles. The lowest BCUT2D eigenvalue weighted by Gasteiger charge is -2.21. The Bertz CT molecular complexity index is 464. The highest BCUT2D eigenvalue weighted by Crippen LogP contribution is 2.29. The van der Waals surface area contributed by atoms with E-state index in [0.29, 0.717) is 24.2 Å². The molecule has 1 unspecified atom stereocenters. The van der Waals surface area contributed by atoms with E-state index in [0.717, 1.165) is 5.56 Å². The molecule has 0 bridgehead atoms. The molecule has 0 fully saturated rings. The first-order valence-corrected chi connectivity index (χ1v) is 5.46. The van der Waals surface area contributed by atoms with E-state index in [9.17, 15) is 9.59 Å². The van der Waals surface area contributed by atoms with Crippen molar-refractivity contribution >= 4 is 11.8 Å². The van der Waals surface area contributed by atoms with Crippen molar-refractivity contribution in [2.24, 2.45) is 5.92 Å². The van der Waals surface area contributed by atoms with Crippen LogP contribution >= 0.6 is 0 Å². The van der Waals surface area contributed by atoms with Gasteiger partial charge in [-0.3, -0.25) is 9.59 Å². The molecule has 0 amide bonds. The molecular weight excluding hydrogens is 220 g/mol. The summed E-state index contributed by atoms with van der Waals surface area (Å²) in [6.45, 7) is 0. The zero-order chi connectivity index (χ0) is 12.4. The molecule has 0 spiro atoms. The molecule has 4 nitrogen and oxygen atoms in total. The smallest absolute Gasteiger partial charge is 0.316 e. The highest BCUT2D eigenvalue weighted by Gasteiger charge is 2.33. The van der Waals surface area contributed by atoms with Crippen molar-refractivity contribution in [2.45, 2.75) is 12.8 Å². The van der Waals surface area contributed by atoms with Gasteiger partial charge in [0.05, 0.1) is 14.2 Å². The van der Waals surface area contributed by atoms with Gasteiger partial charge in [-0.1, -0.05) is 6.07 Å². The van der Waals surface area contributed by atoms with Crippen molar-refractivity contribution in [3.8, 4) is 5.75 Å². The Morgan fingerprint density at radius 3 is 2.76 bits per heavy atom. The number of hydrogen-bond acceptors (Lipinski definition) is 4. The second-order valence-electron chi connectivity index (χ2n) is 4.00. The van der Waals surface area contributed by atoms with Crippen molar-refractivity contribution in [3.63, 3.8) is 0 Å². The van der Waals surface area contributed by atoms with E-state index in [2.05, 4.69) is 4.74 Å². The van der Waals surface area contributed by atoms with Crippen LogP contribution in [-0.4, -0.2) is 26.0 Å². The Kier molecular flexibility index (Phi) is 3.13. The number of esters is 1. The third-order valence-electron chi connectivity index (χ3n) is 3.09. The number of aryl methyl sites for hydroxylation is 1. The number of fused-ring (bicyclic) bond motifs is 1. The van der Waals surface area contributed by atoms with Crippen LogP contribution in [-0.2, 0) is 16.0 Å². The summed E-state index contributed by atoms with van der Waals surface area (Å²) in [5.74, 6) is -0.664. The van der Waals surface area contributed by atoms with Gasteiger partial charge in [-0.2, -0.15) is 0 Å². The van der Waals surface area contributed by atoms with Crippen LogP contribution < -0.4 is 4.74 Å². The minimum absolute atomic E-state index is 0.169. The van der Waals surface area contributed by atoms with Gasteiger partial charge in [0.1, 0.15) is 11.7 Å². The second-order valence-corrected chi connectivity index (χ2v) is 4.00. The molecule has 4 heteroatoms. The predicted molar refractivity (Wildman–Crippen MR) is 61.2 cm³/mol. The van der Waals surface area contributed by atoms with Gasteiger partial charge in [-0.15, -0.1) is 0 Å². The van der Waals surface area contributed by atoms with Crippen LogP contribution in [0.5, 0.6) is 5.75 Å². The van der Waals surface area contributed by atoms with E-state index in [1.54, 1.807) is 13.2 Å². The fraction of sp³-hybridized carbons (Fsp3) is 0.385. The van der Waals surface area contributed by atoms with Gasteiger partial charge in [-0.05, 0) is 30.5 Å². The van der Waals surface area contributed by atoms with Gasteiger partial charge in [0, 0.05) is 5.56 Å². The van der Waals surface area contributed by atoms with E-state index in [-0.39, 0.29) is 5.78 Å². The second kappa shape index (κ2) is 4.57. The van der Waals surface area contributed by atoms with Crippen LogP contribution in [0.25, 0.3) is 0 Å². The molecule has 2 rings (SSSR count). The van der Waals surface area contributed by atoms with Gasteiger partial charge in [-0.25, -0.2) is 0 Å². The summed E-state index contributed by atoms with van der Waals surface area (Å²) in [5.41, 5.74) is 1.54. The number of Topliss-reactive ketones (excluding diaryl/α,β-unsaturated/α-hetero) is 1. The number of ether oxygens (including phenoxy) is 2. The zero-order valence-electron chi connectivity index (χ0n) is 9.86. The van der Waals surface area contributed by atoms with E-state index in [4.69, 9.17) is 4.74 Å². The fourth-order valence-corrected chi connectivity index (χ4v) is 2.12. The minimum atomic E-state index is -0.667. The van der Waals surface area contributed by atoms with Gasteiger partial charge in [0.25, 0.3) is 0 Å². The zero-order valence-corrected chi connectivity index (χ0v) is 9.86.